The molecule has 2 aliphatic rings. The fraction of sp³-hybridized carbons (Fsp3) is 0.593. The lowest BCUT2D eigenvalue weighted by atomic mass is 9.94. The van der Waals surface area contributed by atoms with E-state index in [4.69, 9.17) is 4.42 Å². The molecule has 0 atom stereocenters. The first-order valence-electron chi connectivity index (χ1n) is 12.6. The first-order chi connectivity index (χ1) is 16.3. The number of hydrogen-bond donors (Lipinski definition) is 0. The number of oxazole rings is 1. The molecule has 184 valence electrons. The van der Waals surface area contributed by atoms with Crippen LogP contribution in [0.1, 0.15) is 69.2 Å². The van der Waals surface area contributed by atoms with Gasteiger partial charge in [-0.3, -0.25) is 14.5 Å². The van der Waals surface area contributed by atoms with Crippen molar-refractivity contribution >= 4 is 11.8 Å². The molecule has 1 saturated heterocycles. The van der Waals surface area contributed by atoms with E-state index in [1.165, 1.54) is 11.1 Å². The second kappa shape index (κ2) is 10.7. The minimum Gasteiger partial charge on any atom is -0.444 e. The van der Waals surface area contributed by atoms with Crippen LogP contribution in [0.2, 0.25) is 0 Å². The molecule has 7 nitrogen and oxygen atoms in total. The van der Waals surface area contributed by atoms with E-state index in [9.17, 15) is 9.59 Å². The number of benzene rings is 1. The van der Waals surface area contributed by atoms with Crippen LogP contribution in [0.15, 0.2) is 34.9 Å². The number of nitrogens with zero attached hydrogens (tertiary/aromatic N) is 4. The quantitative estimate of drug-likeness (QED) is 0.648. The van der Waals surface area contributed by atoms with Crippen LogP contribution in [-0.2, 0) is 34.5 Å². The maximum Gasteiger partial charge on any atom is 0.222 e. The van der Waals surface area contributed by atoms with Crippen molar-refractivity contribution in [2.45, 2.75) is 71.4 Å². The Labute approximate surface area is 203 Å². The summed E-state index contributed by atoms with van der Waals surface area (Å²) in [7, 11) is 0. The molecule has 4 rings (SSSR count). The van der Waals surface area contributed by atoms with Crippen molar-refractivity contribution in [3.05, 3.63) is 53.2 Å². The Bertz CT molecular complexity index is 994. The molecule has 0 spiro atoms. The van der Waals surface area contributed by atoms with Crippen LogP contribution in [0.3, 0.4) is 0 Å². The van der Waals surface area contributed by atoms with Gasteiger partial charge in [-0.15, -0.1) is 0 Å². The first kappa shape index (κ1) is 24.5. The summed E-state index contributed by atoms with van der Waals surface area (Å²) >= 11 is 0. The average Bonchev–Trinajstić information content (AvgIpc) is 3.17. The summed E-state index contributed by atoms with van der Waals surface area (Å²) in [5.41, 5.74) is 2.54. The number of rotatable bonds is 6. The van der Waals surface area contributed by atoms with E-state index in [1.54, 1.807) is 0 Å². The fourth-order valence-corrected chi connectivity index (χ4v) is 4.72. The van der Waals surface area contributed by atoms with Gasteiger partial charge >= 0.3 is 0 Å². The molecule has 1 aromatic heterocycles. The average molecular weight is 467 g/mol. The summed E-state index contributed by atoms with van der Waals surface area (Å²) in [5, 5.41) is 0. The molecular formula is C27H38N4O3. The lowest BCUT2D eigenvalue weighted by Crippen LogP contribution is -2.36. The van der Waals surface area contributed by atoms with Gasteiger partial charge in [0, 0.05) is 57.5 Å². The highest BCUT2D eigenvalue weighted by Gasteiger charge is 2.24. The van der Waals surface area contributed by atoms with Crippen molar-refractivity contribution < 1.29 is 14.0 Å². The summed E-state index contributed by atoms with van der Waals surface area (Å²) < 4.78 is 5.94. The molecule has 0 aliphatic carbocycles. The highest BCUT2D eigenvalue weighted by molar-refractivity contribution is 5.79. The van der Waals surface area contributed by atoms with Gasteiger partial charge in [-0.1, -0.05) is 45.0 Å². The van der Waals surface area contributed by atoms with Crippen molar-refractivity contribution in [1.29, 1.82) is 0 Å². The number of amides is 2. The molecule has 1 aromatic carbocycles. The van der Waals surface area contributed by atoms with Crippen molar-refractivity contribution in [3.63, 3.8) is 0 Å². The molecular weight excluding hydrogens is 428 g/mol. The molecule has 0 bridgehead atoms. The second-order valence-corrected chi connectivity index (χ2v) is 10.6. The molecule has 0 saturated carbocycles. The van der Waals surface area contributed by atoms with Crippen molar-refractivity contribution in [1.82, 2.24) is 19.7 Å². The van der Waals surface area contributed by atoms with Gasteiger partial charge in [0.2, 0.25) is 17.7 Å². The maximum absolute atomic E-state index is 12.8. The lowest BCUT2D eigenvalue weighted by molar-refractivity contribution is -0.133. The van der Waals surface area contributed by atoms with Gasteiger partial charge in [0.25, 0.3) is 0 Å². The van der Waals surface area contributed by atoms with Gasteiger partial charge in [0.05, 0.1) is 12.7 Å². The third kappa shape index (κ3) is 6.26. The maximum atomic E-state index is 12.8. The van der Waals surface area contributed by atoms with E-state index in [0.717, 1.165) is 50.7 Å². The first-order valence-corrected chi connectivity index (χ1v) is 12.6. The van der Waals surface area contributed by atoms with Gasteiger partial charge in [-0.25, -0.2) is 4.98 Å². The normalized spacial score (nSPS) is 17.4. The number of hydrogen-bond acceptors (Lipinski definition) is 5. The molecule has 0 N–H and O–H groups in total. The number of fused-ring (bicyclic) bond motifs is 1. The molecule has 2 aliphatic heterocycles. The van der Waals surface area contributed by atoms with Gasteiger partial charge in [-0.05, 0) is 30.4 Å². The van der Waals surface area contributed by atoms with Gasteiger partial charge in [0.15, 0.2) is 0 Å². The number of carbonyl (C=O) groups is 2. The Kier molecular flexibility index (Phi) is 7.71. The van der Waals surface area contributed by atoms with Crippen LogP contribution in [-0.4, -0.2) is 64.2 Å². The van der Waals surface area contributed by atoms with E-state index in [2.05, 4.69) is 48.9 Å². The standard InChI is InChI=1S/C27H38N4O3/c1-27(2,3)23-18-28-24(34-23)20-29-13-7-14-30(17-16-29)25(32)10-6-11-26(33)31-15-12-21-8-4-5-9-22(21)19-31/h4-5,8-9,18H,6-7,10-17,19-20H2,1-3H3. The van der Waals surface area contributed by atoms with Gasteiger partial charge < -0.3 is 14.2 Å². The Balaban J connectivity index is 1.18. The minimum absolute atomic E-state index is 0.0485. The Morgan fingerprint density at radius 2 is 1.68 bits per heavy atom. The molecule has 0 radical (unpaired) electrons. The van der Waals surface area contributed by atoms with Gasteiger partial charge in [-0.2, -0.15) is 0 Å². The minimum atomic E-state index is -0.0485. The Hall–Kier alpha value is -2.67. The number of carbonyl (C=O) groups excluding carboxylic acids is 2. The van der Waals surface area contributed by atoms with Crippen LogP contribution >= 0.6 is 0 Å². The lowest BCUT2D eigenvalue weighted by Gasteiger charge is -2.29. The summed E-state index contributed by atoms with van der Waals surface area (Å²) in [6.07, 6.45) is 5.16. The van der Waals surface area contributed by atoms with Gasteiger partial charge in [0.1, 0.15) is 5.76 Å². The van der Waals surface area contributed by atoms with Crippen LogP contribution in [0.4, 0.5) is 0 Å². The third-order valence-electron chi connectivity index (χ3n) is 6.86. The van der Waals surface area contributed by atoms with Crippen LogP contribution in [0, 0.1) is 0 Å². The molecule has 2 amide bonds. The van der Waals surface area contributed by atoms with E-state index in [0.29, 0.717) is 38.9 Å². The smallest absolute Gasteiger partial charge is 0.222 e. The zero-order valence-corrected chi connectivity index (χ0v) is 20.9. The second-order valence-electron chi connectivity index (χ2n) is 10.6. The van der Waals surface area contributed by atoms with E-state index in [1.807, 2.05) is 22.1 Å². The van der Waals surface area contributed by atoms with E-state index >= 15 is 0 Å². The van der Waals surface area contributed by atoms with Crippen LogP contribution in [0.5, 0.6) is 0 Å². The van der Waals surface area contributed by atoms with Crippen molar-refractivity contribution in [2.75, 3.05) is 32.7 Å². The third-order valence-corrected chi connectivity index (χ3v) is 6.86. The van der Waals surface area contributed by atoms with E-state index < -0.39 is 0 Å². The predicted octanol–water partition coefficient (Wildman–Crippen LogP) is 3.76. The number of aromatic nitrogens is 1. The summed E-state index contributed by atoms with van der Waals surface area (Å²) in [6, 6.07) is 8.33. The largest absolute Gasteiger partial charge is 0.444 e. The fourth-order valence-electron chi connectivity index (χ4n) is 4.72. The highest BCUT2D eigenvalue weighted by Crippen LogP contribution is 2.23. The van der Waals surface area contributed by atoms with E-state index in [-0.39, 0.29) is 17.2 Å². The highest BCUT2D eigenvalue weighted by atomic mass is 16.4. The zero-order valence-electron chi connectivity index (χ0n) is 20.9. The molecule has 0 unspecified atom stereocenters. The van der Waals surface area contributed by atoms with Crippen molar-refractivity contribution in [3.8, 4) is 0 Å². The molecule has 34 heavy (non-hydrogen) atoms. The zero-order chi connectivity index (χ0) is 24.1. The summed E-state index contributed by atoms with van der Waals surface area (Å²) in [4.78, 5) is 36.1. The summed E-state index contributed by atoms with van der Waals surface area (Å²) in [5.74, 6) is 1.95. The molecule has 7 heteroatoms. The Morgan fingerprint density at radius 1 is 0.941 bits per heavy atom. The predicted molar refractivity (Wildman–Crippen MR) is 131 cm³/mol. The SMILES string of the molecule is CC(C)(C)c1cnc(CN2CCCN(C(=O)CCCC(=O)N3CCc4ccccc4C3)CC2)o1. The monoisotopic (exact) mass is 466 g/mol. The van der Waals surface area contributed by atoms with Crippen LogP contribution < -0.4 is 0 Å². The molecule has 3 heterocycles. The Morgan fingerprint density at radius 3 is 2.41 bits per heavy atom. The van der Waals surface area contributed by atoms with Crippen LogP contribution in [0.25, 0.3) is 0 Å². The molecule has 2 aromatic rings. The topological polar surface area (TPSA) is 69.9 Å². The van der Waals surface area contributed by atoms with Crippen molar-refractivity contribution in [2.24, 2.45) is 0 Å². The molecule has 1 fully saturated rings. The summed E-state index contributed by atoms with van der Waals surface area (Å²) in [6.45, 7) is 11.7.